The lowest BCUT2D eigenvalue weighted by Gasteiger charge is -2.26. The maximum atomic E-state index is 13.2. The van der Waals surface area contributed by atoms with Crippen LogP contribution in [0.2, 0.25) is 0 Å². The molecule has 0 heterocycles. The topological polar surface area (TPSA) is 240 Å². The molecule has 0 fully saturated rings. The molecule has 4 amide bonds. The second kappa shape index (κ2) is 29.9. The van der Waals surface area contributed by atoms with Crippen LogP contribution in [0.1, 0.15) is 149 Å². The Kier molecular flexibility index (Phi) is 27.7. The fraction of sp³-hybridized carbons (Fsp3) is 0.806. The first-order valence-electron chi connectivity index (χ1n) is 18.8. The Hall–Kier alpha value is -3.75. The van der Waals surface area contributed by atoms with Crippen LogP contribution in [0.15, 0.2) is 0 Å². The molecule has 0 aliphatic carbocycles. The molecule has 294 valence electrons. The zero-order valence-electron chi connectivity index (χ0n) is 31.1. The van der Waals surface area contributed by atoms with Gasteiger partial charge in [0.25, 0.3) is 0 Å². The number of carboxylic acid groups (broad SMARTS) is 3. The highest BCUT2D eigenvalue weighted by Crippen LogP contribution is 2.11. The van der Waals surface area contributed by atoms with Gasteiger partial charge in [-0.15, -0.1) is 0 Å². The van der Waals surface area contributed by atoms with E-state index >= 15 is 0 Å². The number of hydrogen-bond acceptors (Lipinski definition) is 8. The van der Waals surface area contributed by atoms with Gasteiger partial charge < -0.3 is 41.9 Å². The van der Waals surface area contributed by atoms with Crippen LogP contribution in [0.5, 0.6) is 0 Å². The van der Waals surface area contributed by atoms with Crippen molar-refractivity contribution in [3.05, 3.63) is 0 Å². The predicted molar refractivity (Wildman–Crippen MR) is 193 cm³/mol. The van der Waals surface area contributed by atoms with Crippen molar-refractivity contribution in [1.82, 2.24) is 26.6 Å². The number of hydrogen-bond donors (Lipinski definition) is 8. The summed E-state index contributed by atoms with van der Waals surface area (Å²) in [6.07, 6.45) is 12.5. The fourth-order valence-electron chi connectivity index (χ4n) is 5.43. The van der Waals surface area contributed by atoms with Crippen molar-refractivity contribution in [2.24, 2.45) is 0 Å². The van der Waals surface area contributed by atoms with E-state index < -0.39 is 66.6 Å². The fourth-order valence-corrected chi connectivity index (χ4v) is 5.43. The molecule has 0 aromatic rings. The lowest BCUT2D eigenvalue weighted by molar-refractivity contribution is -0.140. The van der Waals surface area contributed by atoms with Gasteiger partial charge >= 0.3 is 17.9 Å². The molecule has 0 rings (SSSR count). The van der Waals surface area contributed by atoms with Gasteiger partial charge in [-0.1, -0.05) is 85.0 Å². The molecule has 0 spiro atoms. The predicted octanol–water partition coefficient (Wildman–Crippen LogP) is 3.63. The third-order valence-corrected chi connectivity index (χ3v) is 8.29. The summed E-state index contributed by atoms with van der Waals surface area (Å²) in [6, 6.07) is -3.81. The highest BCUT2D eigenvalue weighted by molar-refractivity contribution is 5.93. The van der Waals surface area contributed by atoms with E-state index in [1.165, 1.54) is 44.9 Å². The summed E-state index contributed by atoms with van der Waals surface area (Å²) in [5, 5.41) is 41.0. The summed E-state index contributed by atoms with van der Waals surface area (Å²) in [4.78, 5) is 84.9. The standard InChI is InChI=1S/C36H65N5O10/c1-4-5-6-7-8-9-10-11-14-17-30(42)37-24-15-12-13-16-25-38-34(49)27(18-21-31(43)44)40-36(51)29(20-23-33(47)48)41-35(50)28(39-26(2)3)19-22-32(45)46/h26-29,39H,4-25H2,1-3H3,(H,37,42)(H,38,49)(H,40,51)(H,41,50)(H,43,44)(H,45,46)(H,47,48). The van der Waals surface area contributed by atoms with Crippen molar-refractivity contribution in [2.45, 2.75) is 173 Å². The van der Waals surface area contributed by atoms with Crippen molar-refractivity contribution in [3.63, 3.8) is 0 Å². The van der Waals surface area contributed by atoms with Crippen LogP contribution in [0.3, 0.4) is 0 Å². The van der Waals surface area contributed by atoms with Crippen LogP contribution in [-0.2, 0) is 33.6 Å². The summed E-state index contributed by atoms with van der Waals surface area (Å²) in [6.45, 7) is 6.57. The Labute approximate surface area is 303 Å². The van der Waals surface area contributed by atoms with E-state index in [2.05, 4.69) is 33.5 Å². The second-order valence-corrected chi connectivity index (χ2v) is 13.4. The SMILES string of the molecule is CCCCCCCCCCCC(=O)NCCCCCCNC(=O)C(CCC(=O)O)NC(=O)C(CCC(=O)O)NC(=O)C(CCC(=O)O)NC(C)C. The van der Waals surface area contributed by atoms with E-state index in [0.29, 0.717) is 19.4 Å². The first-order chi connectivity index (χ1) is 24.3. The number of rotatable bonds is 33. The quantitative estimate of drug-likeness (QED) is 0.0454. The molecule has 0 bridgehead atoms. The van der Waals surface area contributed by atoms with Gasteiger partial charge in [-0.3, -0.25) is 33.6 Å². The Morgan fingerprint density at radius 2 is 0.863 bits per heavy atom. The van der Waals surface area contributed by atoms with Gasteiger partial charge in [0.1, 0.15) is 12.1 Å². The number of nitrogens with one attached hydrogen (secondary N) is 5. The molecule has 8 N–H and O–H groups in total. The Morgan fingerprint density at radius 1 is 0.471 bits per heavy atom. The van der Waals surface area contributed by atoms with Gasteiger partial charge in [0.05, 0.1) is 6.04 Å². The van der Waals surface area contributed by atoms with Crippen molar-refractivity contribution in [2.75, 3.05) is 13.1 Å². The zero-order valence-corrected chi connectivity index (χ0v) is 31.1. The number of aliphatic carboxylic acids is 3. The molecule has 0 aliphatic heterocycles. The molecule has 0 radical (unpaired) electrons. The zero-order chi connectivity index (χ0) is 38.4. The van der Waals surface area contributed by atoms with E-state index in [-0.39, 0.29) is 44.2 Å². The van der Waals surface area contributed by atoms with Crippen molar-refractivity contribution >= 4 is 41.5 Å². The minimum absolute atomic E-state index is 0.0645. The molecule has 15 nitrogen and oxygen atoms in total. The van der Waals surface area contributed by atoms with Gasteiger partial charge in [0.2, 0.25) is 23.6 Å². The molecule has 3 atom stereocenters. The van der Waals surface area contributed by atoms with E-state index in [1.807, 2.05) is 0 Å². The molecule has 0 saturated carbocycles. The Morgan fingerprint density at radius 3 is 1.33 bits per heavy atom. The molecule has 15 heteroatoms. The van der Waals surface area contributed by atoms with Crippen LogP contribution in [0.25, 0.3) is 0 Å². The van der Waals surface area contributed by atoms with Gasteiger partial charge in [-0.2, -0.15) is 0 Å². The van der Waals surface area contributed by atoms with Crippen LogP contribution in [0.4, 0.5) is 0 Å². The Balaban J connectivity index is 4.79. The normalized spacial score (nSPS) is 12.8. The van der Waals surface area contributed by atoms with Crippen molar-refractivity contribution in [1.29, 1.82) is 0 Å². The minimum atomic E-state index is -1.37. The monoisotopic (exact) mass is 727 g/mol. The average Bonchev–Trinajstić information content (AvgIpc) is 3.06. The van der Waals surface area contributed by atoms with E-state index in [9.17, 15) is 43.8 Å². The second-order valence-electron chi connectivity index (χ2n) is 13.4. The maximum Gasteiger partial charge on any atom is 0.303 e. The van der Waals surface area contributed by atoms with Gasteiger partial charge in [0.15, 0.2) is 0 Å². The first kappa shape index (κ1) is 47.2. The third-order valence-electron chi connectivity index (χ3n) is 8.29. The molecule has 0 saturated heterocycles. The molecule has 0 aromatic carbocycles. The highest BCUT2D eigenvalue weighted by Gasteiger charge is 2.30. The van der Waals surface area contributed by atoms with Crippen LogP contribution < -0.4 is 26.6 Å². The van der Waals surface area contributed by atoms with Crippen LogP contribution in [-0.4, -0.2) is 94.1 Å². The van der Waals surface area contributed by atoms with E-state index in [0.717, 1.165) is 32.1 Å². The molecular weight excluding hydrogens is 662 g/mol. The molecule has 0 aliphatic rings. The number of unbranched alkanes of at least 4 members (excludes halogenated alkanes) is 11. The summed E-state index contributed by atoms with van der Waals surface area (Å²) in [5.74, 6) is -5.64. The number of amides is 4. The molecule has 3 unspecified atom stereocenters. The molecular formula is C36H65N5O10. The third kappa shape index (κ3) is 27.6. The smallest absolute Gasteiger partial charge is 0.303 e. The van der Waals surface area contributed by atoms with Crippen LogP contribution in [0, 0.1) is 0 Å². The van der Waals surface area contributed by atoms with E-state index in [4.69, 9.17) is 5.11 Å². The first-order valence-corrected chi connectivity index (χ1v) is 18.8. The lowest BCUT2D eigenvalue weighted by Crippen LogP contribution is -2.57. The summed E-state index contributed by atoms with van der Waals surface area (Å²) in [7, 11) is 0. The number of carbonyl (C=O) groups excluding carboxylic acids is 4. The van der Waals surface area contributed by atoms with Crippen LogP contribution >= 0.6 is 0 Å². The van der Waals surface area contributed by atoms with Crippen molar-refractivity contribution < 1.29 is 48.9 Å². The molecule has 51 heavy (non-hydrogen) atoms. The maximum absolute atomic E-state index is 13.2. The summed E-state index contributed by atoms with van der Waals surface area (Å²) < 4.78 is 0. The van der Waals surface area contributed by atoms with E-state index in [1.54, 1.807) is 13.8 Å². The van der Waals surface area contributed by atoms with Gasteiger partial charge in [-0.05, 0) is 38.5 Å². The molecule has 0 aromatic heterocycles. The summed E-state index contributed by atoms with van der Waals surface area (Å²) in [5.41, 5.74) is 0. The van der Waals surface area contributed by atoms with Gasteiger partial charge in [-0.25, -0.2) is 0 Å². The largest absolute Gasteiger partial charge is 0.481 e. The lowest BCUT2D eigenvalue weighted by atomic mass is 10.1. The highest BCUT2D eigenvalue weighted by atomic mass is 16.4. The summed E-state index contributed by atoms with van der Waals surface area (Å²) >= 11 is 0. The number of carboxylic acids is 3. The minimum Gasteiger partial charge on any atom is -0.481 e. The van der Waals surface area contributed by atoms with Gasteiger partial charge in [0, 0.05) is 44.8 Å². The number of carbonyl (C=O) groups is 7. The van der Waals surface area contributed by atoms with Crippen molar-refractivity contribution in [3.8, 4) is 0 Å². The average molecular weight is 728 g/mol. The Bertz CT molecular complexity index is 1060.